The number of fused-ring (bicyclic) bond motifs is 1. The SMILES string of the molecule is N#CCCCOc1cccc(NC(=O)c2cccc(OCc3cn4ccccc4n3)c2)c1. The molecule has 7 heteroatoms. The van der Waals surface area contributed by atoms with Gasteiger partial charge in [-0.05, 0) is 48.9 Å². The molecular formula is C25H22N4O3. The summed E-state index contributed by atoms with van der Waals surface area (Å²) >= 11 is 0. The van der Waals surface area contributed by atoms with Crippen LogP contribution in [-0.4, -0.2) is 21.9 Å². The van der Waals surface area contributed by atoms with Crippen LogP contribution in [0.25, 0.3) is 5.65 Å². The number of ether oxygens (including phenoxy) is 2. The fraction of sp³-hybridized carbons (Fsp3) is 0.160. The first-order valence-corrected chi connectivity index (χ1v) is 10.3. The Morgan fingerprint density at radius 3 is 2.72 bits per heavy atom. The monoisotopic (exact) mass is 426 g/mol. The molecule has 0 fully saturated rings. The van der Waals surface area contributed by atoms with Crippen LogP contribution in [0.2, 0.25) is 0 Å². The first-order valence-electron chi connectivity index (χ1n) is 10.3. The molecule has 0 radical (unpaired) electrons. The molecular weight excluding hydrogens is 404 g/mol. The van der Waals surface area contributed by atoms with E-state index in [2.05, 4.69) is 16.4 Å². The van der Waals surface area contributed by atoms with Gasteiger partial charge in [0.05, 0.1) is 18.4 Å². The third kappa shape index (κ3) is 5.43. The quantitative estimate of drug-likeness (QED) is 0.387. The van der Waals surface area contributed by atoms with Crippen LogP contribution in [0.1, 0.15) is 28.9 Å². The molecule has 0 saturated carbocycles. The number of hydrogen-bond donors (Lipinski definition) is 1. The number of pyridine rings is 1. The highest BCUT2D eigenvalue weighted by atomic mass is 16.5. The Kier molecular flexibility index (Phi) is 6.63. The van der Waals surface area contributed by atoms with E-state index in [-0.39, 0.29) is 5.91 Å². The fourth-order valence-corrected chi connectivity index (χ4v) is 3.15. The lowest BCUT2D eigenvalue weighted by atomic mass is 10.2. The van der Waals surface area contributed by atoms with Crippen LogP contribution < -0.4 is 14.8 Å². The Morgan fingerprint density at radius 1 is 1.03 bits per heavy atom. The van der Waals surface area contributed by atoms with Gasteiger partial charge in [-0.3, -0.25) is 4.79 Å². The maximum absolute atomic E-state index is 12.7. The lowest BCUT2D eigenvalue weighted by Gasteiger charge is -2.10. The van der Waals surface area contributed by atoms with Crippen LogP contribution in [0.3, 0.4) is 0 Å². The molecule has 0 atom stereocenters. The third-order valence-corrected chi connectivity index (χ3v) is 4.69. The second kappa shape index (κ2) is 10.1. The topological polar surface area (TPSA) is 88.6 Å². The van der Waals surface area contributed by atoms with Crippen molar-refractivity contribution in [1.29, 1.82) is 5.26 Å². The standard InChI is InChI=1S/C25H22N4O3/c26-12-2-4-14-31-23-10-6-8-20(16-23)28-25(30)19-7-5-9-22(15-19)32-18-21-17-29-13-3-1-11-24(29)27-21/h1,3,5-11,13,15-17H,2,4,14,18H2,(H,28,30). The number of anilines is 1. The van der Waals surface area contributed by atoms with Crippen LogP contribution in [0, 0.1) is 11.3 Å². The molecule has 160 valence electrons. The van der Waals surface area contributed by atoms with E-state index in [4.69, 9.17) is 14.7 Å². The molecule has 0 spiro atoms. The van der Waals surface area contributed by atoms with Crippen molar-refractivity contribution in [2.24, 2.45) is 0 Å². The van der Waals surface area contributed by atoms with Crippen molar-refractivity contribution in [2.75, 3.05) is 11.9 Å². The van der Waals surface area contributed by atoms with Gasteiger partial charge in [0.25, 0.3) is 5.91 Å². The van der Waals surface area contributed by atoms with E-state index in [9.17, 15) is 4.79 Å². The Morgan fingerprint density at radius 2 is 1.88 bits per heavy atom. The van der Waals surface area contributed by atoms with Gasteiger partial charge in [-0.1, -0.05) is 18.2 Å². The lowest BCUT2D eigenvalue weighted by molar-refractivity contribution is 0.102. The summed E-state index contributed by atoms with van der Waals surface area (Å²) in [6.45, 7) is 0.759. The lowest BCUT2D eigenvalue weighted by Crippen LogP contribution is -2.12. The van der Waals surface area contributed by atoms with Crippen molar-refractivity contribution >= 4 is 17.2 Å². The normalized spacial score (nSPS) is 10.5. The number of imidazole rings is 1. The predicted molar refractivity (Wildman–Crippen MR) is 121 cm³/mol. The van der Waals surface area contributed by atoms with E-state index >= 15 is 0 Å². The number of carbonyl (C=O) groups is 1. The summed E-state index contributed by atoms with van der Waals surface area (Å²) < 4.78 is 13.4. The minimum atomic E-state index is -0.246. The molecule has 32 heavy (non-hydrogen) atoms. The zero-order valence-electron chi connectivity index (χ0n) is 17.4. The van der Waals surface area contributed by atoms with Gasteiger partial charge in [0.15, 0.2) is 0 Å². The van der Waals surface area contributed by atoms with Crippen molar-refractivity contribution in [3.63, 3.8) is 0 Å². The molecule has 0 aliphatic rings. The van der Waals surface area contributed by atoms with Gasteiger partial charge in [0, 0.05) is 36.1 Å². The number of hydrogen-bond acceptors (Lipinski definition) is 5. The van der Waals surface area contributed by atoms with Crippen LogP contribution in [-0.2, 0) is 6.61 Å². The molecule has 0 bridgehead atoms. The fourth-order valence-electron chi connectivity index (χ4n) is 3.15. The average Bonchev–Trinajstić information content (AvgIpc) is 3.24. The number of carbonyl (C=O) groups excluding carboxylic acids is 1. The number of benzene rings is 2. The van der Waals surface area contributed by atoms with Crippen molar-refractivity contribution < 1.29 is 14.3 Å². The first-order chi connectivity index (χ1) is 15.7. The zero-order chi connectivity index (χ0) is 22.2. The summed E-state index contributed by atoms with van der Waals surface area (Å²) in [5.74, 6) is 0.986. The Hall–Kier alpha value is -4.31. The molecule has 0 saturated heterocycles. The van der Waals surface area contributed by atoms with Gasteiger partial charge >= 0.3 is 0 Å². The third-order valence-electron chi connectivity index (χ3n) is 4.69. The summed E-state index contributed by atoms with van der Waals surface area (Å²) in [6, 6.07) is 22.1. The molecule has 4 aromatic rings. The van der Waals surface area contributed by atoms with Crippen LogP contribution in [0.15, 0.2) is 79.1 Å². The van der Waals surface area contributed by atoms with E-state index in [0.29, 0.717) is 48.8 Å². The molecule has 2 aromatic heterocycles. The first kappa shape index (κ1) is 20.9. The van der Waals surface area contributed by atoms with Crippen LogP contribution in [0.4, 0.5) is 5.69 Å². The Labute approximate surface area is 185 Å². The minimum absolute atomic E-state index is 0.246. The van der Waals surface area contributed by atoms with E-state index in [0.717, 1.165) is 11.3 Å². The van der Waals surface area contributed by atoms with Crippen molar-refractivity contribution in [3.05, 3.63) is 90.4 Å². The van der Waals surface area contributed by atoms with E-state index in [1.807, 2.05) is 53.2 Å². The Bertz CT molecular complexity index is 1230. The van der Waals surface area contributed by atoms with Gasteiger partial charge in [0.1, 0.15) is 23.8 Å². The van der Waals surface area contributed by atoms with E-state index < -0.39 is 0 Å². The molecule has 7 nitrogen and oxygen atoms in total. The number of nitrogens with one attached hydrogen (secondary N) is 1. The number of nitrogens with zero attached hydrogens (tertiary/aromatic N) is 3. The highest BCUT2D eigenvalue weighted by Crippen LogP contribution is 2.20. The maximum atomic E-state index is 12.7. The molecule has 1 N–H and O–H groups in total. The molecule has 2 heterocycles. The van der Waals surface area contributed by atoms with E-state index in [1.54, 1.807) is 30.3 Å². The van der Waals surface area contributed by atoms with Crippen molar-refractivity contribution in [1.82, 2.24) is 9.38 Å². The second-order valence-corrected chi connectivity index (χ2v) is 7.11. The number of nitriles is 1. The Balaban J connectivity index is 1.36. The molecule has 4 rings (SSSR count). The summed E-state index contributed by atoms with van der Waals surface area (Å²) in [7, 11) is 0. The largest absolute Gasteiger partial charge is 0.493 e. The van der Waals surface area contributed by atoms with Gasteiger partial charge in [-0.2, -0.15) is 5.26 Å². The number of amides is 1. The van der Waals surface area contributed by atoms with Crippen molar-refractivity contribution in [3.8, 4) is 17.6 Å². The maximum Gasteiger partial charge on any atom is 0.255 e. The molecule has 1 amide bonds. The summed E-state index contributed by atoms with van der Waals surface area (Å²) in [5, 5.41) is 11.5. The molecule has 0 aliphatic heterocycles. The predicted octanol–water partition coefficient (Wildman–Crippen LogP) is 4.85. The smallest absolute Gasteiger partial charge is 0.255 e. The zero-order valence-corrected chi connectivity index (χ0v) is 17.4. The van der Waals surface area contributed by atoms with Crippen LogP contribution >= 0.6 is 0 Å². The summed E-state index contributed by atoms with van der Waals surface area (Å²) in [6.07, 6.45) is 4.96. The molecule has 2 aromatic carbocycles. The summed E-state index contributed by atoms with van der Waals surface area (Å²) in [5.41, 5.74) is 2.77. The van der Waals surface area contributed by atoms with Crippen LogP contribution in [0.5, 0.6) is 11.5 Å². The second-order valence-electron chi connectivity index (χ2n) is 7.11. The number of rotatable bonds is 9. The van der Waals surface area contributed by atoms with Gasteiger partial charge in [-0.15, -0.1) is 0 Å². The highest BCUT2D eigenvalue weighted by molar-refractivity contribution is 6.04. The van der Waals surface area contributed by atoms with Gasteiger partial charge < -0.3 is 19.2 Å². The molecule has 0 unspecified atom stereocenters. The highest BCUT2D eigenvalue weighted by Gasteiger charge is 2.09. The minimum Gasteiger partial charge on any atom is -0.493 e. The van der Waals surface area contributed by atoms with Gasteiger partial charge in [-0.25, -0.2) is 4.98 Å². The van der Waals surface area contributed by atoms with E-state index in [1.165, 1.54) is 0 Å². The number of aromatic nitrogens is 2. The van der Waals surface area contributed by atoms with Gasteiger partial charge in [0.2, 0.25) is 0 Å². The number of unbranched alkanes of at least 4 members (excludes halogenated alkanes) is 1. The van der Waals surface area contributed by atoms with Crippen molar-refractivity contribution in [2.45, 2.75) is 19.4 Å². The summed E-state index contributed by atoms with van der Waals surface area (Å²) in [4.78, 5) is 17.2. The average molecular weight is 426 g/mol. The molecule has 0 aliphatic carbocycles.